The Labute approximate surface area is 210 Å². The zero-order valence-corrected chi connectivity index (χ0v) is 21.2. The van der Waals surface area contributed by atoms with Gasteiger partial charge in [-0.1, -0.05) is 42.5 Å². The fraction of sp³-hybridized carbons (Fsp3) is 0.296. The molecule has 0 spiro atoms. The first kappa shape index (κ1) is 26.0. The van der Waals surface area contributed by atoms with E-state index < -0.39 is 17.5 Å². The number of nitrogens with one attached hydrogen (secondary N) is 2. The molecule has 2 N–H and O–H groups in total. The first-order chi connectivity index (χ1) is 16.7. The quantitative estimate of drug-likeness (QED) is 0.457. The minimum absolute atomic E-state index is 0.276. The second-order valence-electron chi connectivity index (χ2n) is 8.91. The molecular weight excluding hydrogens is 462 g/mol. The number of benzene rings is 2. The molecule has 0 bridgehead atoms. The van der Waals surface area contributed by atoms with Crippen LogP contribution in [0.3, 0.4) is 0 Å². The molecule has 0 saturated heterocycles. The molecule has 3 aromatic rings. The van der Waals surface area contributed by atoms with E-state index >= 15 is 0 Å². The monoisotopic (exact) mass is 493 g/mol. The summed E-state index contributed by atoms with van der Waals surface area (Å²) in [7, 11) is 0. The average Bonchev–Trinajstić information content (AvgIpc) is 3.35. The fourth-order valence-corrected chi connectivity index (χ4v) is 4.19. The highest BCUT2D eigenvalue weighted by Crippen LogP contribution is 2.31. The first-order valence-corrected chi connectivity index (χ1v) is 12.3. The van der Waals surface area contributed by atoms with Crippen LogP contribution in [0.15, 0.2) is 72.1 Å². The SMILES string of the molecule is CCOc1cccc(N(C(=O)CNC(=O)c2cccs2)[C@@H](C(=O)NC(C)(C)C)c2ccccc2)c1. The summed E-state index contributed by atoms with van der Waals surface area (Å²) in [6, 6.07) is 18.7. The molecule has 1 heterocycles. The van der Waals surface area contributed by atoms with Crippen LogP contribution in [0.2, 0.25) is 0 Å². The van der Waals surface area contributed by atoms with Gasteiger partial charge in [0.2, 0.25) is 11.8 Å². The minimum atomic E-state index is -0.960. The molecule has 7 nitrogen and oxygen atoms in total. The Morgan fingerprint density at radius 2 is 1.74 bits per heavy atom. The molecular formula is C27H31N3O4S. The maximum Gasteiger partial charge on any atom is 0.261 e. The molecule has 0 aliphatic carbocycles. The lowest BCUT2D eigenvalue weighted by atomic mass is 10.0. The van der Waals surface area contributed by atoms with Gasteiger partial charge < -0.3 is 15.4 Å². The summed E-state index contributed by atoms with van der Waals surface area (Å²) in [6.07, 6.45) is 0. The highest BCUT2D eigenvalue weighted by molar-refractivity contribution is 7.12. The largest absolute Gasteiger partial charge is 0.494 e. The molecule has 2 aromatic carbocycles. The molecule has 3 amide bonds. The number of rotatable bonds is 9. The van der Waals surface area contributed by atoms with Crippen molar-refractivity contribution in [3.63, 3.8) is 0 Å². The van der Waals surface area contributed by atoms with Crippen LogP contribution in [0.5, 0.6) is 5.75 Å². The molecule has 0 radical (unpaired) electrons. The van der Waals surface area contributed by atoms with Crippen molar-refractivity contribution < 1.29 is 19.1 Å². The van der Waals surface area contributed by atoms with Gasteiger partial charge in [-0.25, -0.2) is 0 Å². The number of amides is 3. The third kappa shape index (κ3) is 7.16. The van der Waals surface area contributed by atoms with Gasteiger partial charge in [0.1, 0.15) is 11.8 Å². The zero-order valence-electron chi connectivity index (χ0n) is 20.4. The molecule has 3 rings (SSSR count). The smallest absolute Gasteiger partial charge is 0.261 e. The van der Waals surface area contributed by atoms with Crippen LogP contribution in [0.25, 0.3) is 0 Å². The lowest BCUT2D eigenvalue weighted by Gasteiger charge is -2.34. The van der Waals surface area contributed by atoms with Crippen molar-refractivity contribution in [2.24, 2.45) is 0 Å². The summed E-state index contributed by atoms with van der Waals surface area (Å²) in [6.45, 7) is 7.71. The molecule has 0 unspecified atom stereocenters. The zero-order chi connectivity index (χ0) is 25.4. The minimum Gasteiger partial charge on any atom is -0.494 e. The van der Waals surface area contributed by atoms with Gasteiger partial charge in [0.05, 0.1) is 18.0 Å². The summed E-state index contributed by atoms with van der Waals surface area (Å²) >= 11 is 1.29. The van der Waals surface area contributed by atoms with Gasteiger partial charge in [0, 0.05) is 17.3 Å². The highest BCUT2D eigenvalue weighted by Gasteiger charge is 2.34. The Balaban J connectivity index is 2.02. The summed E-state index contributed by atoms with van der Waals surface area (Å²) in [5.41, 5.74) is 0.623. The number of carbonyl (C=O) groups excluding carboxylic acids is 3. The van der Waals surface area contributed by atoms with Gasteiger partial charge in [0.15, 0.2) is 0 Å². The molecule has 0 aliphatic heterocycles. The number of anilines is 1. The standard InChI is InChI=1S/C27H31N3O4S/c1-5-34-21-14-9-13-20(17-21)30(23(31)18-28-25(32)22-15-10-16-35-22)24(19-11-7-6-8-12-19)26(33)29-27(2,3)4/h6-17,24H,5,18H2,1-4H3,(H,28,32)(H,29,33)/t24-/m1/s1. The Kier molecular flexibility index (Phi) is 8.65. The van der Waals surface area contributed by atoms with Crippen LogP contribution >= 0.6 is 11.3 Å². The summed E-state index contributed by atoms with van der Waals surface area (Å²) in [5.74, 6) is -0.523. The predicted molar refractivity (Wildman–Crippen MR) is 139 cm³/mol. The average molecular weight is 494 g/mol. The van der Waals surface area contributed by atoms with Crippen molar-refractivity contribution in [3.8, 4) is 5.75 Å². The highest BCUT2D eigenvalue weighted by atomic mass is 32.1. The van der Waals surface area contributed by atoms with Gasteiger partial charge >= 0.3 is 0 Å². The Morgan fingerprint density at radius 3 is 2.37 bits per heavy atom. The number of thiophene rings is 1. The second kappa shape index (κ2) is 11.7. The van der Waals surface area contributed by atoms with E-state index in [1.807, 2.05) is 58.0 Å². The summed E-state index contributed by atoms with van der Waals surface area (Å²) in [4.78, 5) is 41.7. The van der Waals surface area contributed by atoms with Gasteiger partial charge in [0.25, 0.3) is 5.91 Å². The number of nitrogens with zero attached hydrogens (tertiary/aromatic N) is 1. The van der Waals surface area contributed by atoms with Crippen molar-refractivity contribution in [1.29, 1.82) is 0 Å². The molecule has 0 saturated carbocycles. The lowest BCUT2D eigenvalue weighted by molar-refractivity contribution is -0.127. The van der Waals surface area contributed by atoms with Crippen molar-refractivity contribution in [1.82, 2.24) is 10.6 Å². The van der Waals surface area contributed by atoms with Crippen LogP contribution < -0.4 is 20.3 Å². The molecule has 8 heteroatoms. The van der Waals surface area contributed by atoms with Gasteiger partial charge in [-0.05, 0) is 56.8 Å². The maximum absolute atomic E-state index is 13.7. The summed E-state index contributed by atoms with van der Waals surface area (Å²) in [5, 5.41) is 7.48. The molecule has 184 valence electrons. The van der Waals surface area contributed by atoms with Crippen molar-refractivity contribution >= 4 is 34.7 Å². The van der Waals surface area contributed by atoms with Crippen LogP contribution in [0.1, 0.15) is 49.0 Å². The van der Waals surface area contributed by atoms with Crippen LogP contribution in [-0.4, -0.2) is 36.4 Å². The van der Waals surface area contributed by atoms with E-state index in [9.17, 15) is 14.4 Å². The topological polar surface area (TPSA) is 87.7 Å². The normalized spacial score (nSPS) is 11.9. The Bertz CT molecular complexity index is 1140. The molecule has 0 fully saturated rings. The van der Waals surface area contributed by atoms with Gasteiger partial charge in [-0.2, -0.15) is 0 Å². The van der Waals surface area contributed by atoms with Crippen LogP contribution in [-0.2, 0) is 9.59 Å². The third-order valence-corrected chi connectivity index (χ3v) is 5.81. The second-order valence-corrected chi connectivity index (χ2v) is 9.85. The number of hydrogen-bond donors (Lipinski definition) is 2. The Hall–Kier alpha value is -3.65. The third-order valence-electron chi connectivity index (χ3n) is 4.94. The first-order valence-electron chi connectivity index (χ1n) is 11.4. The lowest BCUT2D eigenvalue weighted by Crippen LogP contribution is -2.51. The number of ether oxygens (including phenoxy) is 1. The van der Waals surface area contributed by atoms with Crippen molar-refractivity contribution in [2.45, 2.75) is 39.3 Å². The van der Waals surface area contributed by atoms with E-state index in [1.165, 1.54) is 16.2 Å². The Morgan fingerprint density at radius 1 is 1.00 bits per heavy atom. The fourth-order valence-electron chi connectivity index (χ4n) is 3.55. The maximum atomic E-state index is 13.7. The van der Waals surface area contributed by atoms with E-state index in [0.717, 1.165) is 0 Å². The van der Waals surface area contributed by atoms with Crippen LogP contribution in [0.4, 0.5) is 5.69 Å². The van der Waals surface area contributed by atoms with E-state index in [2.05, 4.69) is 10.6 Å². The van der Waals surface area contributed by atoms with E-state index in [1.54, 1.807) is 41.8 Å². The molecule has 35 heavy (non-hydrogen) atoms. The summed E-state index contributed by atoms with van der Waals surface area (Å²) < 4.78 is 5.64. The van der Waals surface area contributed by atoms with Crippen molar-refractivity contribution in [3.05, 3.63) is 82.6 Å². The van der Waals surface area contributed by atoms with Gasteiger partial charge in [-0.15, -0.1) is 11.3 Å². The molecule has 1 atom stereocenters. The van der Waals surface area contributed by atoms with Crippen LogP contribution in [0, 0.1) is 0 Å². The van der Waals surface area contributed by atoms with Gasteiger partial charge in [-0.3, -0.25) is 19.3 Å². The van der Waals surface area contributed by atoms with Crippen molar-refractivity contribution in [2.75, 3.05) is 18.1 Å². The predicted octanol–water partition coefficient (Wildman–Crippen LogP) is 4.57. The van der Waals surface area contributed by atoms with E-state index in [0.29, 0.717) is 28.5 Å². The molecule has 0 aliphatic rings. The number of carbonyl (C=O) groups is 3. The van der Waals surface area contributed by atoms with E-state index in [4.69, 9.17) is 4.74 Å². The number of hydrogen-bond acceptors (Lipinski definition) is 5. The molecule has 1 aromatic heterocycles. The van der Waals surface area contributed by atoms with E-state index in [-0.39, 0.29) is 18.4 Å².